The van der Waals surface area contributed by atoms with Crippen molar-refractivity contribution in [1.29, 1.82) is 0 Å². The largest absolute Gasteiger partial charge is 0.497 e. The number of aryl methyl sites for hydroxylation is 1. The van der Waals surface area contributed by atoms with Gasteiger partial charge in [0.2, 0.25) is 0 Å². The molecule has 1 aromatic heterocycles. The minimum atomic E-state index is 0.0159. The monoisotopic (exact) mass is 218 g/mol. The lowest BCUT2D eigenvalue weighted by molar-refractivity contribution is 0.281. The fraction of sp³-hybridized carbons (Fsp3) is 0.250. The third-order valence-corrected chi connectivity index (χ3v) is 2.51. The van der Waals surface area contributed by atoms with Gasteiger partial charge in [-0.3, -0.25) is 0 Å². The topological polar surface area (TPSA) is 47.3 Å². The van der Waals surface area contributed by atoms with Crippen molar-refractivity contribution in [2.75, 3.05) is 7.11 Å². The molecule has 1 aromatic carbocycles. The number of aliphatic hydroxyl groups is 1. The zero-order valence-electron chi connectivity index (χ0n) is 9.34. The predicted molar refractivity (Wildman–Crippen MR) is 60.8 cm³/mol. The van der Waals surface area contributed by atoms with E-state index < -0.39 is 0 Å². The molecule has 1 heterocycles. The normalized spacial score (nSPS) is 10.4. The molecule has 0 radical (unpaired) electrons. The number of aromatic nitrogens is 2. The Morgan fingerprint density at radius 2 is 2.00 bits per heavy atom. The molecule has 4 heteroatoms. The van der Waals surface area contributed by atoms with Gasteiger partial charge in [0.25, 0.3) is 0 Å². The second-order valence-electron chi connectivity index (χ2n) is 3.54. The van der Waals surface area contributed by atoms with E-state index in [-0.39, 0.29) is 6.61 Å². The zero-order chi connectivity index (χ0) is 11.5. The van der Waals surface area contributed by atoms with Crippen molar-refractivity contribution >= 4 is 0 Å². The number of aliphatic hydroxyl groups excluding tert-OH is 1. The van der Waals surface area contributed by atoms with Gasteiger partial charge in [-0.05, 0) is 31.2 Å². The molecule has 0 saturated carbocycles. The number of nitrogens with zero attached hydrogens (tertiary/aromatic N) is 2. The van der Waals surface area contributed by atoms with Crippen LogP contribution in [-0.2, 0) is 6.61 Å². The Hall–Kier alpha value is -1.81. The third-order valence-electron chi connectivity index (χ3n) is 2.51. The van der Waals surface area contributed by atoms with Crippen LogP contribution in [0.1, 0.15) is 11.3 Å². The van der Waals surface area contributed by atoms with Gasteiger partial charge in [-0.25, -0.2) is 4.68 Å². The summed E-state index contributed by atoms with van der Waals surface area (Å²) >= 11 is 0. The second kappa shape index (κ2) is 4.37. The van der Waals surface area contributed by atoms with Gasteiger partial charge in [0.05, 0.1) is 25.1 Å². The molecule has 16 heavy (non-hydrogen) atoms. The smallest absolute Gasteiger partial charge is 0.119 e. The van der Waals surface area contributed by atoms with Crippen LogP contribution < -0.4 is 4.74 Å². The highest BCUT2D eigenvalue weighted by molar-refractivity contribution is 5.37. The SMILES string of the molecule is COc1ccc(-n2cc(CO)c(C)n2)cc1. The van der Waals surface area contributed by atoms with E-state index in [0.717, 1.165) is 22.7 Å². The Morgan fingerprint density at radius 3 is 2.50 bits per heavy atom. The van der Waals surface area contributed by atoms with Crippen molar-refractivity contribution in [2.45, 2.75) is 13.5 Å². The summed E-state index contributed by atoms with van der Waals surface area (Å²) in [7, 11) is 1.64. The van der Waals surface area contributed by atoms with Crippen LogP contribution in [0.5, 0.6) is 5.75 Å². The number of methoxy groups -OCH3 is 1. The highest BCUT2D eigenvalue weighted by atomic mass is 16.5. The van der Waals surface area contributed by atoms with Crippen LogP contribution in [0.2, 0.25) is 0 Å². The van der Waals surface area contributed by atoms with Crippen LogP contribution in [0.15, 0.2) is 30.5 Å². The summed E-state index contributed by atoms with van der Waals surface area (Å²) in [5.74, 6) is 0.815. The van der Waals surface area contributed by atoms with Crippen molar-refractivity contribution in [3.05, 3.63) is 41.7 Å². The molecule has 0 fully saturated rings. The molecule has 2 aromatic rings. The van der Waals surface area contributed by atoms with E-state index >= 15 is 0 Å². The van der Waals surface area contributed by atoms with Crippen LogP contribution in [0, 0.1) is 6.92 Å². The summed E-state index contributed by atoms with van der Waals surface area (Å²) in [4.78, 5) is 0. The number of benzene rings is 1. The lowest BCUT2D eigenvalue weighted by Crippen LogP contribution is -1.94. The van der Waals surface area contributed by atoms with Crippen molar-refractivity contribution in [2.24, 2.45) is 0 Å². The third kappa shape index (κ3) is 1.92. The van der Waals surface area contributed by atoms with Gasteiger partial charge < -0.3 is 9.84 Å². The number of hydrogen-bond donors (Lipinski definition) is 1. The van der Waals surface area contributed by atoms with Crippen molar-refractivity contribution in [1.82, 2.24) is 9.78 Å². The van der Waals surface area contributed by atoms with Gasteiger partial charge in [-0.1, -0.05) is 0 Å². The van der Waals surface area contributed by atoms with Crippen LogP contribution in [0.3, 0.4) is 0 Å². The fourth-order valence-corrected chi connectivity index (χ4v) is 1.52. The Kier molecular flexibility index (Phi) is 2.92. The molecule has 0 amide bonds. The molecule has 1 N–H and O–H groups in total. The summed E-state index contributed by atoms with van der Waals surface area (Å²) in [5, 5.41) is 13.4. The van der Waals surface area contributed by atoms with Crippen LogP contribution in [-0.4, -0.2) is 22.0 Å². The quantitative estimate of drug-likeness (QED) is 0.852. The minimum Gasteiger partial charge on any atom is -0.497 e. The predicted octanol–water partition coefficient (Wildman–Crippen LogP) is 1.68. The van der Waals surface area contributed by atoms with Crippen molar-refractivity contribution in [3.8, 4) is 11.4 Å². The zero-order valence-corrected chi connectivity index (χ0v) is 9.34. The molecule has 0 saturated heterocycles. The summed E-state index contributed by atoms with van der Waals surface area (Å²) in [6.45, 7) is 1.90. The minimum absolute atomic E-state index is 0.0159. The van der Waals surface area contributed by atoms with Crippen LogP contribution >= 0.6 is 0 Å². The first-order valence-electron chi connectivity index (χ1n) is 5.05. The maximum absolute atomic E-state index is 9.09. The Balaban J connectivity index is 2.34. The van der Waals surface area contributed by atoms with Gasteiger partial charge in [0.1, 0.15) is 5.75 Å². The van der Waals surface area contributed by atoms with Crippen molar-refractivity contribution in [3.63, 3.8) is 0 Å². The summed E-state index contributed by atoms with van der Waals surface area (Å²) in [6, 6.07) is 7.61. The Morgan fingerprint density at radius 1 is 1.31 bits per heavy atom. The van der Waals surface area contributed by atoms with Gasteiger partial charge >= 0.3 is 0 Å². The molecule has 84 valence electrons. The molecule has 0 unspecified atom stereocenters. The molecule has 0 spiro atoms. The Bertz CT molecular complexity index is 474. The van der Waals surface area contributed by atoms with Crippen LogP contribution in [0.4, 0.5) is 0 Å². The van der Waals surface area contributed by atoms with Gasteiger partial charge in [-0.2, -0.15) is 5.10 Å². The molecular weight excluding hydrogens is 204 g/mol. The number of rotatable bonds is 3. The molecule has 0 aliphatic carbocycles. The molecule has 4 nitrogen and oxygen atoms in total. The number of ether oxygens (including phenoxy) is 1. The first-order chi connectivity index (χ1) is 7.74. The highest BCUT2D eigenvalue weighted by Gasteiger charge is 2.04. The average Bonchev–Trinajstić information content (AvgIpc) is 2.71. The highest BCUT2D eigenvalue weighted by Crippen LogP contribution is 2.16. The first kappa shape index (κ1) is 10.7. The number of hydrogen-bond acceptors (Lipinski definition) is 3. The van der Waals surface area contributed by atoms with E-state index in [9.17, 15) is 0 Å². The maximum atomic E-state index is 9.09. The van der Waals surface area contributed by atoms with Gasteiger partial charge in [-0.15, -0.1) is 0 Å². The van der Waals surface area contributed by atoms with E-state index in [1.165, 1.54) is 0 Å². The molecule has 0 aliphatic rings. The lowest BCUT2D eigenvalue weighted by Gasteiger charge is -2.02. The molecule has 0 aliphatic heterocycles. The lowest BCUT2D eigenvalue weighted by atomic mass is 10.3. The standard InChI is InChI=1S/C12H14N2O2/c1-9-10(8-15)7-14(13-9)11-3-5-12(16-2)6-4-11/h3-7,15H,8H2,1-2H3. The van der Waals surface area contributed by atoms with Gasteiger partial charge in [0, 0.05) is 11.8 Å². The molecule has 2 rings (SSSR count). The Labute approximate surface area is 94.1 Å². The molecule has 0 atom stereocenters. The molecule has 0 bridgehead atoms. The second-order valence-corrected chi connectivity index (χ2v) is 3.54. The summed E-state index contributed by atoms with van der Waals surface area (Å²) in [5.41, 5.74) is 2.64. The molecular formula is C12H14N2O2. The van der Waals surface area contributed by atoms with Gasteiger partial charge in [0.15, 0.2) is 0 Å². The maximum Gasteiger partial charge on any atom is 0.119 e. The van der Waals surface area contributed by atoms with E-state index in [4.69, 9.17) is 9.84 Å². The fourth-order valence-electron chi connectivity index (χ4n) is 1.52. The average molecular weight is 218 g/mol. The summed E-state index contributed by atoms with van der Waals surface area (Å²) < 4.78 is 6.84. The summed E-state index contributed by atoms with van der Waals surface area (Å²) in [6.07, 6.45) is 1.83. The van der Waals surface area contributed by atoms with Crippen LogP contribution in [0.25, 0.3) is 5.69 Å². The van der Waals surface area contributed by atoms with E-state index in [2.05, 4.69) is 5.10 Å². The van der Waals surface area contributed by atoms with E-state index in [1.54, 1.807) is 11.8 Å². The first-order valence-corrected chi connectivity index (χ1v) is 5.05. The van der Waals surface area contributed by atoms with Crippen molar-refractivity contribution < 1.29 is 9.84 Å². The van der Waals surface area contributed by atoms with E-state index in [1.807, 2.05) is 37.4 Å². The van der Waals surface area contributed by atoms with E-state index in [0.29, 0.717) is 0 Å².